The van der Waals surface area contributed by atoms with E-state index in [0.717, 1.165) is 5.56 Å². The number of aryl methyl sites for hydroxylation is 2. The monoisotopic (exact) mass is 357 g/mol. The quantitative estimate of drug-likeness (QED) is 0.855. The largest absolute Gasteiger partial charge is 0.280 e. The van der Waals surface area contributed by atoms with Crippen LogP contribution in [0.5, 0.6) is 0 Å². The van der Waals surface area contributed by atoms with Gasteiger partial charge in [-0.1, -0.05) is 28.1 Å². The summed E-state index contributed by atoms with van der Waals surface area (Å²) in [5, 5.41) is 4.82. The van der Waals surface area contributed by atoms with Gasteiger partial charge in [0.05, 0.1) is 11.4 Å². The first-order valence-corrected chi connectivity index (χ1v) is 8.63. The van der Waals surface area contributed by atoms with E-state index < -0.39 is 10.0 Å². The van der Waals surface area contributed by atoms with E-state index in [2.05, 4.69) is 25.8 Å². The van der Waals surface area contributed by atoms with Crippen LogP contribution in [0.1, 0.15) is 17.0 Å². The van der Waals surface area contributed by atoms with Gasteiger partial charge in [0.2, 0.25) is 0 Å². The van der Waals surface area contributed by atoms with Gasteiger partial charge in [-0.15, -0.1) is 0 Å². The summed E-state index contributed by atoms with van der Waals surface area (Å²) >= 11 is 3.35. The molecule has 7 heteroatoms. The predicted octanol–water partition coefficient (Wildman–Crippen LogP) is 2.73. The van der Waals surface area contributed by atoms with Crippen LogP contribution in [0.25, 0.3) is 0 Å². The lowest BCUT2D eigenvalue weighted by molar-refractivity contribution is 0.599. The fourth-order valence-corrected chi connectivity index (χ4v) is 3.91. The minimum Gasteiger partial charge on any atom is -0.280 e. The molecule has 0 saturated carbocycles. The highest BCUT2D eigenvalue weighted by Crippen LogP contribution is 2.22. The van der Waals surface area contributed by atoms with Gasteiger partial charge in [-0.25, -0.2) is 8.42 Å². The van der Waals surface area contributed by atoms with Gasteiger partial charge in [0.15, 0.2) is 0 Å². The smallest absolute Gasteiger partial charge is 0.265 e. The summed E-state index contributed by atoms with van der Waals surface area (Å²) in [6, 6.07) is 7.27. The molecule has 0 spiro atoms. The normalized spacial score (nSPS) is 11.6. The fraction of sp³-hybridized carbons (Fsp3) is 0.308. The third kappa shape index (κ3) is 2.88. The standard InChI is InChI=1S/C13H16BrN3O2S/c1-9-13(10(2)17(3)15-9)20(18,19)16-12-6-4-5-11(7-12)8-14/h4-7,16H,8H2,1-3H3. The van der Waals surface area contributed by atoms with E-state index in [-0.39, 0.29) is 4.90 Å². The second-order valence-corrected chi connectivity index (χ2v) is 6.74. The Labute approximate surface area is 127 Å². The van der Waals surface area contributed by atoms with E-state index in [0.29, 0.717) is 22.4 Å². The molecule has 0 aliphatic rings. The zero-order valence-electron chi connectivity index (χ0n) is 11.5. The molecule has 0 aliphatic carbocycles. The van der Waals surface area contributed by atoms with Crippen LogP contribution < -0.4 is 4.72 Å². The number of alkyl halides is 1. The Hall–Kier alpha value is -1.34. The lowest BCUT2D eigenvalue weighted by atomic mass is 10.2. The molecule has 2 rings (SSSR count). The molecule has 0 radical (unpaired) electrons. The van der Waals surface area contributed by atoms with Crippen LogP contribution in [0.3, 0.4) is 0 Å². The molecule has 1 aromatic heterocycles. The highest BCUT2D eigenvalue weighted by Gasteiger charge is 2.23. The van der Waals surface area contributed by atoms with Crippen molar-refractivity contribution in [3.05, 3.63) is 41.2 Å². The average molecular weight is 358 g/mol. The van der Waals surface area contributed by atoms with Gasteiger partial charge in [-0.3, -0.25) is 9.40 Å². The maximum atomic E-state index is 12.5. The van der Waals surface area contributed by atoms with Crippen molar-refractivity contribution < 1.29 is 8.42 Å². The maximum Gasteiger partial charge on any atom is 0.265 e. The molecule has 0 bridgehead atoms. The Bertz CT molecular complexity index is 738. The number of nitrogens with one attached hydrogen (secondary N) is 1. The van der Waals surface area contributed by atoms with Crippen LogP contribution in [-0.4, -0.2) is 18.2 Å². The van der Waals surface area contributed by atoms with Crippen molar-refractivity contribution in [1.29, 1.82) is 0 Å². The first kappa shape index (κ1) is 15.1. The lowest BCUT2D eigenvalue weighted by Gasteiger charge is -2.09. The SMILES string of the molecule is Cc1nn(C)c(C)c1S(=O)(=O)Nc1cccc(CBr)c1. The fourth-order valence-electron chi connectivity index (χ4n) is 2.07. The maximum absolute atomic E-state index is 12.5. The third-order valence-electron chi connectivity index (χ3n) is 3.04. The molecule has 0 atom stereocenters. The summed E-state index contributed by atoms with van der Waals surface area (Å²) < 4.78 is 29.1. The van der Waals surface area contributed by atoms with E-state index in [1.807, 2.05) is 12.1 Å². The van der Waals surface area contributed by atoms with E-state index in [9.17, 15) is 8.42 Å². The molecule has 0 saturated heterocycles. The zero-order chi connectivity index (χ0) is 14.9. The predicted molar refractivity (Wildman–Crippen MR) is 82.6 cm³/mol. The van der Waals surface area contributed by atoms with Crippen molar-refractivity contribution >= 4 is 31.6 Å². The Morgan fingerprint density at radius 3 is 2.60 bits per heavy atom. The van der Waals surface area contributed by atoms with Crippen LogP contribution in [0.2, 0.25) is 0 Å². The number of rotatable bonds is 4. The van der Waals surface area contributed by atoms with Crippen LogP contribution in [-0.2, 0) is 22.4 Å². The van der Waals surface area contributed by atoms with Crippen LogP contribution in [0.4, 0.5) is 5.69 Å². The van der Waals surface area contributed by atoms with Crippen molar-refractivity contribution in [1.82, 2.24) is 9.78 Å². The van der Waals surface area contributed by atoms with Gasteiger partial charge in [0.25, 0.3) is 10.0 Å². The molecule has 0 aliphatic heterocycles. The molecule has 1 heterocycles. The molecule has 1 N–H and O–H groups in total. The highest BCUT2D eigenvalue weighted by molar-refractivity contribution is 9.08. The zero-order valence-corrected chi connectivity index (χ0v) is 13.9. The molecule has 0 fully saturated rings. The van der Waals surface area contributed by atoms with Crippen LogP contribution in [0, 0.1) is 13.8 Å². The van der Waals surface area contributed by atoms with Crippen molar-refractivity contribution in [3.8, 4) is 0 Å². The number of aromatic nitrogens is 2. The number of halogens is 1. The minimum absolute atomic E-state index is 0.240. The summed E-state index contributed by atoms with van der Waals surface area (Å²) in [6.07, 6.45) is 0. The van der Waals surface area contributed by atoms with Gasteiger partial charge in [0.1, 0.15) is 4.90 Å². The Balaban J connectivity index is 2.40. The lowest BCUT2D eigenvalue weighted by Crippen LogP contribution is -2.15. The molecule has 20 heavy (non-hydrogen) atoms. The molecular weight excluding hydrogens is 342 g/mol. The molecule has 108 valence electrons. The molecule has 5 nitrogen and oxygen atoms in total. The van der Waals surface area contributed by atoms with Gasteiger partial charge in [0, 0.05) is 18.1 Å². The summed E-state index contributed by atoms with van der Waals surface area (Å²) in [7, 11) is -1.90. The Morgan fingerprint density at radius 2 is 2.05 bits per heavy atom. The molecule has 1 aromatic carbocycles. The number of anilines is 1. The van der Waals surface area contributed by atoms with E-state index in [1.54, 1.807) is 37.7 Å². The van der Waals surface area contributed by atoms with Gasteiger partial charge < -0.3 is 0 Å². The van der Waals surface area contributed by atoms with Crippen LogP contribution >= 0.6 is 15.9 Å². The van der Waals surface area contributed by atoms with Crippen molar-refractivity contribution in [2.24, 2.45) is 7.05 Å². The number of nitrogens with zero attached hydrogens (tertiary/aromatic N) is 2. The van der Waals surface area contributed by atoms with Crippen molar-refractivity contribution in [2.45, 2.75) is 24.1 Å². The molecule has 2 aromatic rings. The van der Waals surface area contributed by atoms with Gasteiger partial charge in [-0.2, -0.15) is 5.10 Å². The Morgan fingerprint density at radius 1 is 1.35 bits per heavy atom. The summed E-state index contributed by atoms with van der Waals surface area (Å²) in [6.45, 7) is 3.43. The second kappa shape index (κ2) is 5.57. The van der Waals surface area contributed by atoms with Gasteiger partial charge in [-0.05, 0) is 31.5 Å². The van der Waals surface area contributed by atoms with E-state index in [4.69, 9.17) is 0 Å². The topological polar surface area (TPSA) is 64.0 Å². The third-order valence-corrected chi connectivity index (χ3v) is 5.33. The average Bonchev–Trinajstić information content (AvgIpc) is 2.63. The summed E-state index contributed by atoms with van der Waals surface area (Å²) in [4.78, 5) is 0.240. The number of benzene rings is 1. The number of sulfonamides is 1. The van der Waals surface area contributed by atoms with E-state index >= 15 is 0 Å². The summed E-state index contributed by atoms with van der Waals surface area (Å²) in [5.74, 6) is 0. The molecule has 0 amide bonds. The summed E-state index contributed by atoms with van der Waals surface area (Å²) in [5.41, 5.74) is 2.66. The van der Waals surface area contributed by atoms with E-state index in [1.165, 1.54) is 0 Å². The van der Waals surface area contributed by atoms with Crippen molar-refractivity contribution in [2.75, 3.05) is 4.72 Å². The second-order valence-electron chi connectivity index (χ2n) is 4.56. The highest BCUT2D eigenvalue weighted by atomic mass is 79.9. The number of hydrogen-bond acceptors (Lipinski definition) is 3. The Kier molecular flexibility index (Phi) is 4.19. The molecule has 0 unspecified atom stereocenters. The molecular formula is C13H16BrN3O2S. The van der Waals surface area contributed by atoms with Crippen molar-refractivity contribution in [3.63, 3.8) is 0 Å². The minimum atomic E-state index is -3.63. The van der Waals surface area contributed by atoms with Gasteiger partial charge >= 0.3 is 0 Å². The van der Waals surface area contributed by atoms with Crippen LogP contribution in [0.15, 0.2) is 29.2 Å². The number of hydrogen-bond donors (Lipinski definition) is 1. The first-order valence-electron chi connectivity index (χ1n) is 6.03. The first-order chi connectivity index (χ1) is 9.35.